The zero-order valence-corrected chi connectivity index (χ0v) is 8.77. The smallest absolute Gasteiger partial charge is 0.171 e. The maximum atomic E-state index is 13.4. The highest BCUT2D eigenvalue weighted by atomic mass is 79.9. The van der Waals surface area contributed by atoms with Crippen LogP contribution in [0.4, 0.5) is 4.39 Å². The standard InChI is InChI=1S/C9H10BrFO2/c1-2-13-8-4-3-7(10)6(5-12)9(8)11/h3-4,12H,2,5H2,1H3. The van der Waals surface area contributed by atoms with E-state index in [1.807, 2.05) is 0 Å². The summed E-state index contributed by atoms with van der Waals surface area (Å²) in [5, 5.41) is 8.87. The first-order valence-electron chi connectivity index (χ1n) is 3.91. The molecule has 0 aliphatic heterocycles. The van der Waals surface area contributed by atoms with Crippen LogP contribution in [0.25, 0.3) is 0 Å². The third kappa shape index (κ3) is 2.19. The number of aliphatic hydroxyl groups is 1. The molecule has 0 aliphatic rings. The minimum atomic E-state index is -0.501. The lowest BCUT2D eigenvalue weighted by molar-refractivity contribution is 0.268. The number of halogens is 2. The molecule has 0 saturated heterocycles. The first kappa shape index (κ1) is 10.5. The van der Waals surface area contributed by atoms with E-state index in [0.717, 1.165) is 0 Å². The molecule has 0 aromatic heterocycles. The molecule has 0 bridgehead atoms. The molecule has 0 saturated carbocycles. The topological polar surface area (TPSA) is 29.5 Å². The van der Waals surface area contributed by atoms with E-state index in [0.29, 0.717) is 11.1 Å². The van der Waals surface area contributed by atoms with Crippen LogP contribution < -0.4 is 4.74 Å². The Morgan fingerprint density at radius 2 is 2.23 bits per heavy atom. The molecule has 0 amide bonds. The van der Waals surface area contributed by atoms with Gasteiger partial charge < -0.3 is 9.84 Å². The van der Waals surface area contributed by atoms with Gasteiger partial charge in [-0.05, 0) is 19.1 Å². The summed E-state index contributed by atoms with van der Waals surface area (Å²) < 4.78 is 19.0. The summed E-state index contributed by atoms with van der Waals surface area (Å²) in [5.74, 6) is -0.325. The van der Waals surface area contributed by atoms with Gasteiger partial charge in [-0.15, -0.1) is 0 Å². The van der Waals surface area contributed by atoms with Crippen molar-refractivity contribution in [3.8, 4) is 5.75 Å². The van der Waals surface area contributed by atoms with Gasteiger partial charge in [0, 0.05) is 10.0 Å². The number of hydrogen-bond donors (Lipinski definition) is 1. The van der Waals surface area contributed by atoms with Gasteiger partial charge in [-0.1, -0.05) is 15.9 Å². The molecule has 0 fully saturated rings. The zero-order chi connectivity index (χ0) is 9.84. The zero-order valence-electron chi connectivity index (χ0n) is 7.18. The van der Waals surface area contributed by atoms with Crippen LogP contribution >= 0.6 is 15.9 Å². The molecular formula is C9H10BrFO2. The van der Waals surface area contributed by atoms with Crippen molar-refractivity contribution in [3.63, 3.8) is 0 Å². The predicted octanol–water partition coefficient (Wildman–Crippen LogP) is 2.48. The fourth-order valence-corrected chi connectivity index (χ4v) is 1.42. The monoisotopic (exact) mass is 248 g/mol. The third-order valence-electron chi connectivity index (χ3n) is 1.61. The fourth-order valence-electron chi connectivity index (χ4n) is 0.988. The minimum Gasteiger partial charge on any atom is -0.491 e. The second-order valence-corrected chi connectivity index (χ2v) is 3.28. The van der Waals surface area contributed by atoms with Gasteiger partial charge in [0.15, 0.2) is 11.6 Å². The van der Waals surface area contributed by atoms with E-state index in [2.05, 4.69) is 15.9 Å². The lowest BCUT2D eigenvalue weighted by Gasteiger charge is -2.08. The Morgan fingerprint density at radius 1 is 1.54 bits per heavy atom. The van der Waals surface area contributed by atoms with Gasteiger partial charge in [-0.25, -0.2) is 4.39 Å². The second kappa shape index (κ2) is 4.58. The second-order valence-electron chi connectivity index (χ2n) is 2.43. The van der Waals surface area contributed by atoms with E-state index in [9.17, 15) is 4.39 Å². The molecule has 1 rings (SSSR count). The van der Waals surface area contributed by atoms with Gasteiger partial charge in [0.25, 0.3) is 0 Å². The summed E-state index contributed by atoms with van der Waals surface area (Å²) >= 11 is 3.14. The maximum absolute atomic E-state index is 13.4. The molecule has 1 aromatic rings. The lowest BCUT2D eigenvalue weighted by atomic mass is 10.2. The summed E-state index contributed by atoms with van der Waals surface area (Å²) in [6.45, 7) is 1.84. The van der Waals surface area contributed by atoms with E-state index >= 15 is 0 Å². The van der Waals surface area contributed by atoms with Gasteiger partial charge in [-0.2, -0.15) is 0 Å². The van der Waals surface area contributed by atoms with Crippen molar-refractivity contribution < 1.29 is 14.2 Å². The highest BCUT2D eigenvalue weighted by Crippen LogP contribution is 2.27. The normalized spacial score (nSPS) is 10.2. The summed E-state index contributed by atoms with van der Waals surface area (Å²) in [5.41, 5.74) is 0.228. The van der Waals surface area contributed by atoms with Crippen LogP contribution in [0, 0.1) is 5.82 Å². The van der Waals surface area contributed by atoms with E-state index in [1.165, 1.54) is 6.07 Å². The molecule has 0 spiro atoms. The first-order valence-corrected chi connectivity index (χ1v) is 4.70. The molecule has 1 aromatic carbocycles. The molecule has 0 aliphatic carbocycles. The lowest BCUT2D eigenvalue weighted by Crippen LogP contribution is -1.99. The van der Waals surface area contributed by atoms with Crippen LogP contribution in [0.2, 0.25) is 0 Å². The molecular weight excluding hydrogens is 239 g/mol. The van der Waals surface area contributed by atoms with Gasteiger partial charge in [-0.3, -0.25) is 0 Å². The SMILES string of the molecule is CCOc1ccc(Br)c(CO)c1F. The van der Waals surface area contributed by atoms with E-state index in [1.54, 1.807) is 13.0 Å². The van der Waals surface area contributed by atoms with Crippen molar-refractivity contribution in [2.45, 2.75) is 13.5 Å². The highest BCUT2D eigenvalue weighted by Gasteiger charge is 2.11. The fraction of sp³-hybridized carbons (Fsp3) is 0.333. The number of benzene rings is 1. The van der Waals surface area contributed by atoms with Crippen molar-refractivity contribution in [1.29, 1.82) is 0 Å². The minimum absolute atomic E-state index is 0.176. The van der Waals surface area contributed by atoms with E-state index in [-0.39, 0.29) is 17.9 Å². The van der Waals surface area contributed by atoms with Crippen molar-refractivity contribution in [2.24, 2.45) is 0 Å². The van der Waals surface area contributed by atoms with Crippen molar-refractivity contribution in [1.82, 2.24) is 0 Å². The predicted molar refractivity (Wildman–Crippen MR) is 51.2 cm³/mol. The summed E-state index contributed by atoms with van der Waals surface area (Å²) in [6, 6.07) is 3.18. The number of hydrogen-bond acceptors (Lipinski definition) is 2. The Morgan fingerprint density at radius 3 is 2.77 bits per heavy atom. The number of aliphatic hydroxyl groups excluding tert-OH is 1. The van der Waals surface area contributed by atoms with Crippen LogP contribution in [0.1, 0.15) is 12.5 Å². The summed E-state index contributed by atoms with van der Waals surface area (Å²) in [6.07, 6.45) is 0. The largest absolute Gasteiger partial charge is 0.491 e. The van der Waals surface area contributed by atoms with Crippen LogP contribution in [0.15, 0.2) is 16.6 Å². The first-order chi connectivity index (χ1) is 6.20. The molecule has 1 N–H and O–H groups in total. The van der Waals surface area contributed by atoms with Crippen LogP contribution in [-0.4, -0.2) is 11.7 Å². The number of ether oxygens (including phenoxy) is 1. The average Bonchev–Trinajstić information content (AvgIpc) is 2.11. The molecule has 2 nitrogen and oxygen atoms in total. The molecule has 0 heterocycles. The van der Waals surface area contributed by atoms with E-state index in [4.69, 9.17) is 9.84 Å². The summed E-state index contributed by atoms with van der Waals surface area (Å²) in [7, 11) is 0. The Labute approximate surface area is 84.5 Å². The molecule has 0 unspecified atom stereocenters. The van der Waals surface area contributed by atoms with Crippen molar-refractivity contribution in [2.75, 3.05) is 6.61 Å². The molecule has 72 valence electrons. The quantitative estimate of drug-likeness (QED) is 0.891. The van der Waals surface area contributed by atoms with Gasteiger partial charge in [0.05, 0.1) is 13.2 Å². The maximum Gasteiger partial charge on any atom is 0.171 e. The summed E-state index contributed by atoms with van der Waals surface area (Å²) in [4.78, 5) is 0. The Hall–Kier alpha value is -0.610. The number of rotatable bonds is 3. The molecule has 13 heavy (non-hydrogen) atoms. The molecule has 0 radical (unpaired) electrons. The van der Waals surface area contributed by atoms with Gasteiger partial charge >= 0.3 is 0 Å². The highest BCUT2D eigenvalue weighted by molar-refractivity contribution is 9.10. The average molecular weight is 249 g/mol. The Kier molecular flexibility index (Phi) is 3.69. The third-order valence-corrected chi connectivity index (χ3v) is 2.35. The molecule has 0 atom stereocenters. The molecule has 4 heteroatoms. The van der Waals surface area contributed by atoms with Crippen LogP contribution in [0.5, 0.6) is 5.75 Å². The van der Waals surface area contributed by atoms with Gasteiger partial charge in [0.2, 0.25) is 0 Å². The van der Waals surface area contributed by atoms with Crippen LogP contribution in [0.3, 0.4) is 0 Å². The van der Waals surface area contributed by atoms with Crippen molar-refractivity contribution >= 4 is 15.9 Å². The van der Waals surface area contributed by atoms with Crippen molar-refractivity contribution in [3.05, 3.63) is 28.0 Å². The Bertz CT molecular complexity index is 302. The van der Waals surface area contributed by atoms with Gasteiger partial charge in [0.1, 0.15) is 0 Å². The Balaban J connectivity index is 3.11. The van der Waals surface area contributed by atoms with Crippen LogP contribution in [-0.2, 0) is 6.61 Å². The van der Waals surface area contributed by atoms with E-state index < -0.39 is 5.82 Å².